The first-order chi connectivity index (χ1) is 8.55. The van der Waals surface area contributed by atoms with Gasteiger partial charge in [0, 0.05) is 5.56 Å². The molecule has 18 heavy (non-hydrogen) atoms. The SMILES string of the molecule is CCCOc1ccc(C(=NO)C(C)(C)NO)cc1. The maximum atomic E-state index is 9.06. The van der Waals surface area contributed by atoms with Gasteiger partial charge in [-0.1, -0.05) is 12.1 Å². The smallest absolute Gasteiger partial charge is 0.119 e. The lowest BCUT2D eigenvalue weighted by molar-refractivity contribution is 0.113. The number of hydroxylamine groups is 1. The van der Waals surface area contributed by atoms with Crippen LogP contribution in [0.4, 0.5) is 0 Å². The van der Waals surface area contributed by atoms with E-state index in [2.05, 4.69) is 10.6 Å². The summed E-state index contributed by atoms with van der Waals surface area (Å²) < 4.78 is 5.47. The molecule has 1 aromatic rings. The molecule has 5 nitrogen and oxygen atoms in total. The normalized spacial score (nSPS) is 12.6. The Morgan fingerprint density at radius 2 is 1.94 bits per heavy atom. The molecule has 0 aliphatic heterocycles. The number of benzene rings is 1. The first-order valence-electron chi connectivity index (χ1n) is 5.92. The Hall–Kier alpha value is -1.59. The molecule has 3 N–H and O–H groups in total. The molecule has 0 aliphatic carbocycles. The van der Waals surface area contributed by atoms with Gasteiger partial charge in [-0.2, -0.15) is 5.48 Å². The second kappa shape index (κ2) is 6.37. The quantitative estimate of drug-likeness (QED) is 0.413. The highest BCUT2D eigenvalue weighted by atomic mass is 16.5. The highest BCUT2D eigenvalue weighted by molar-refractivity contribution is 6.06. The molecule has 0 heterocycles. The molecule has 1 aromatic carbocycles. The lowest BCUT2D eigenvalue weighted by Gasteiger charge is -2.23. The van der Waals surface area contributed by atoms with Crippen molar-refractivity contribution in [3.05, 3.63) is 29.8 Å². The van der Waals surface area contributed by atoms with Crippen LogP contribution in [-0.2, 0) is 0 Å². The van der Waals surface area contributed by atoms with Crippen molar-refractivity contribution < 1.29 is 15.2 Å². The Bertz CT molecular complexity index is 399. The molecule has 0 atom stereocenters. The zero-order valence-corrected chi connectivity index (χ0v) is 11.0. The Balaban J connectivity index is 2.90. The summed E-state index contributed by atoms with van der Waals surface area (Å²) in [5, 5.41) is 21.4. The minimum atomic E-state index is -0.833. The van der Waals surface area contributed by atoms with Crippen LogP contribution in [0.2, 0.25) is 0 Å². The molecule has 0 saturated heterocycles. The highest BCUT2D eigenvalue weighted by Crippen LogP contribution is 2.18. The van der Waals surface area contributed by atoms with Crippen molar-refractivity contribution in [2.24, 2.45) is 5.16 Å². The van der Waals surface area contributed by atoms with Crippen molar-refractivity contribution in [3.63, 3.8) is 0 Å². The van der Waals surface area contributed by atoms with E-state index in [0.717, 1.165) is 12.2 Å². The van der Waals surface area contributed by atoms with E-state index in [1.165, 1.54) is 0 Å². The van der Waals surface area contributed by atoms with E-state index in [1.807, 2.05) is 19.1 Å². The van der Waals surface area contributed by atoms with Crippen LogP contribution in [0.15, 0.2) is 29.4 Å². The van der Waals surface area contributed by atoms with Gasteiger partial charge in [-0.05, 0) is 44.5 Å². The summed E-state index contributed by atoms with van der Waals surface area (Å²) in [5.74, 6) is 0.771. The van der Waals surface area contributed by atoms with Gasteiger partial charge in [0.1, 0.15) is 11.5 Å². The van der Waals surface area contributed by atoms with Gasteiger partial charge in [-0.15, -0.1) is 0 Å². The Labute approximate surface area is 107 Å². The topological polar surface area (TPSA) is 74.1 Å². The van der Waals surface area contributed by atoms with Crippen molar-refractivity contribution >= 4 is 5.71 Å². The van der Waals surface area contributed by atoms with Gasteiger partial charge < -0.3 is 15.2 Å². The van der Waals surface area contributed by atoms with Gasteiger partial charge in [0.05, 0.1) is 12.1 Å². The van der Waals surface area contributed by atoms with Crippen LogP contribution in [0.25, 0.3) is 0 Å². The zero-order chi connectivity index (χ0) is 13.6. The molecule has 0 amide bonds. The van der Waals surface area contributed by atoms with Crippen molar-refractivity contribution in [3.8, 4) is 5.75 Å². The number of nitrogens with zero attached hydrogens (tertiary/aromatic N) is 1. The van der Waals surface area contributed by atoms with Crippen LogP contribution in [0.1, 0.15) is 32.8 Å². The maximum Gasteiger partial charge on any atom is 0.119 e. The number of nitrogens with one attached hydrogen (secondary N) is 1. The van der Waals surface area contributed by atoms with Gasteiger partial charge in [-0.25, -0.2) is 0 Å². The summed E-state index contributed by atoms with van der Waals surface area (Å²) >= 11 is 0. The average Bonchev–Trinajstić information content (AvgIpc) is 2.38. The van der Waals surface area contributed by atoms with Crippen molar-refractivity contribution in [2.75, 3.05) is 6.61 Å². The molecule has 0 unspecified atom stereocenters. The van der Waals surface area contributed by atoms with E-state index >= 15 is 0 Å². The van der Waals surface area contributed by atoms with Gasteiger partial charge in [0.15, 0.2) is 0 Å². The summed E-state index contributed by atoms with van der Waals surface area (Å²) in [4.78, 5) is 0. The summed E-state index contributed by atoms with van der Waals surface area (Å²) in [6, 6.07) is 7.20. The third kappa shape index (κ3) is 3.45. The van der Waals surface area contributed by atoms with E-state index in [0.29, 0.717) is 17.9 Å². The molecule has 100 valence electrons. The average molecular weight is 252 g/mol. The van der Waals surface area contributed by atoms with Crippen LogP contribution in [0.3, 0.4) is 0 Å². The second-order valence-electron chi connectivity index (χ2n) is 4.56. The molecule has 0 saturated carbocycles. The third-order valence-corrected chi connectivity index (χ3v) is 2.57. The Morgan fingerprint density at radius 1 is 1.33 bits per heavy atom. The molecule has 1 rings (SSSR count). The summed E-state index contributed by atoms with van der Waals surface area (Å²) in [5.41, 5.74) is 2.35. The number of rotatable bonds is 6. The molecule has 0 radical (unpaired) electrons. The van der Waals surface area contributed by atoms with E-state index < -0.39 is 5.54 Å². The minimum Gasteiger partial charge on any atom is -0.494 e. The fourth-order valence-electron chi connectivity index (χ4n) is 1.53. The molecule has 0 aliphatic rings. The van der Waals surface area contributed by atoms with Crippen LogP contribution in [-0.4, -0.2) is 28.3 Å². The Kier molecular flexibility index (Phi) is 5.12. The first kappa shape index (κ1) is 14.5. The van der Waals surface area contributed by atoms with Crippen LogP contribution in [0, 0.1) is 0 Å². The fourth-order valence-corrected chi connectivity index (χ4v) is 1.53. The molecular weight excluding hydrogens is 232 g/mol. The van der Waals surface area contributed by atoms with Crippen molar-refractivity contribution in [2.45, 2.75) is 32.7 Å². The van der Waals surface area contributed by atoms with Crippen molar-refractivity contribution in [1.82, 2.24) is 5.48 Å². The van der Waals surface area contributed by atoms with Crippen LogP contribution < -0.4 is 10.2 Å². The second-order valence-corrected chi connectivity index (χ2v) is 4.56. The van der Waals surface area contributed by atoms with E-state index in [-0.39, 0.29) is 0 Å². The van der Waals surface area contributed by atoms with Gasteiger partial charge in [0.25, 0.3) is 0 Å². The highest BCUT2D eigenvalue weighted by Gasteiger charge is 2.26. The van der Waals surface area contributed by atoms with E-state index in [9.17, 15) is 0 Å². The third-order valence-electron chi connectivity index (χ3n) is 2.57. The van der Waals surface area contributed by atoms with Gasteiger partial charge in [0.2, 0.25) is 0 Å². The van der Waals surface area contributed by atoms with E-state index in [4.69, 9.17) is 15.2 Å². The fraction of sp³-hybridized carbons (Fsp3) is 0.462. The van der Waals surface area contributed by atoms with Gasteiger partial charge >= 0.3 is 0 Å². The molecule has 0 fully saturated rings. The number of hydrogen-bond acceptors (Lipinski definition) is 5. The predicted octanol–water partition coefficient (Wildman–Crippen LogP) is 2.41. The Morgan fingerprint density at radius 3 is 2.39 bits per heavy atom. The molecule has 5 heteroatoms. The van der Waals surface area contributed by atoms with Crippen LogP contribution >= 0.6 is 0 Å². The summed E-state index contributed by atoms with van der Waals surface area (Å²) in [6.07, 6.45) is 0.951. The number of ether oxygens (including phenoxy) is 1. The zero-order valence-electron chi connectivity index (χ0n) is 11.0. The molecule has 0 aromatic heterocycles. The van der Waals surface area contributed by atoms with Crippen LogP contribution in [0.5, 0.6) is 5.75 Å². The van der Waals surface area contributed by atoms with Gasteiger partial charge in [-0.3, -0.25) is 0 Å². The maximum absolute atomic E-state index is 9.06. The molecule has 0 spiro atoms. The minimum absolute atomic E-state index is 0.354. The molecule has 0 bridgehead atoms. The van der Waals surface area contributed by atoms with Crippen molar-refractivity contribution in [1.29, 1.82) is 0 Å². The van der Waals surface area contributed by atoms with E-state index in [1.54, 1.807) is 26.0 Å². The summed E-state index contributed by atoms with van der Waals surface area (Å²) in [7, 11) is 0. The molecular formula is C13H20N2O3. The monoisotopic (exact) mass is 252 g/mol. The largest absolute Gasteiger partial charge is 0.494 e. The number of oxime groups is 1. The lowest BCUT2D eigenvalue weighted by atomic mass is 9.93. The summed E-state index contributed by atoms with van der Waals surface area (Å²) in [6.45, 7) is 6.14. The standard InChI is InChI=1S/C13H20N2O3/c1-4-9-18-11-7-5-10(6-8-11)12(14-16)13(2,3)15-17/h5-8,15-17H,4,9H2,1-3H3. The lowest BCUT2D eigenvalue weighted by Crippen LogP contribution is -2.45. The number of hydrogen-bond donors (Lipinski definition) is 3. The predicted molar refractivity (Wildman–Crippen MR) is 69.6 cm³/mol. The first-order valence-corrected chi connectivity index (χ1v) is 5.92.